The molecule has 2 N–H and O–H groups in total. The molecule has 0 unspecified atom stereocenters. The van der Waals surface area contributed by atoms with Crippen molar-refractivity contribution in [1.29, 1.82) is 5.26 Å². The van der Waals surface area contributed by atoms with Crippen LogP contribution in [0.3, 0.4) is 0 Å². The standard InChI is InChI=1S/C10H11IN2/c1-7-3-2-4-8(10(7)11)9(13)5-6-12/h2-4,9H,5,13H2,1H3/t9-/m0/s1. The zero-order valence-electron chi connectivity index (χ0n) is 7.42. The van der Waals surface area contributed by atoms with E-state index in [0.717, 1.165) is 5.56 Å². The molecule has 0 aromatic heterocycles. The Hall–Kier alpha value is -0.600. The molecule has 2 nitrogen and oxygen atoms in total. The van der Waals surface area contributed by atoms with Gasteiger partial charge in [0.15, 0.2) is 0 Å². The maximum absolute atomic E-state index is 8.53. The van der Waals surface area contributed by atoms with E-state index < -0.39 is 0 Å². The second-order valence-electron chi connectivity index (χ2n) is 2.95. The van der Waals surface area contributed by atoms with E-state index in [9.17, 15) is 0 Å². The average Bonchev–Trinajstić information content (AvgIpc) is 2.10. The number of hydrogen-bond donors (Lipinski definition) is 1. The Morgan fingerprint density at radius 2 is 2.31 bits per heavy atom. The lowest BCUT2D eigenvalue weighted by atomic mass is 10.0. The molecule has 0 heterocycles. The summed E-state index contributed by atoms with van der Waals surface area (Å²) in [5.74, 6) is 0. The van der Waals surface area contributed by atoms with Gasteiger partial charge in [-0.3, -0.25) is 0 Å². The molecule has 1 aromatic rings. The molecule has 0 fully saturated rings. The topological polar surface area (TPSA) is 49.8 Å². The summed E-state index contributed by atoms with van der Waals surface area (Å²) in [6.07, 6.45) is 0.374. The molecule has 0 aliphatic rings. The Kier molecular flexibility index (Phi) is 3.70. The third kappa shape index (κ3) is 2.42. The minimum Gasteiger partial charge on any atom is -0.323 e. The molecule has 0 aliphatic carbocycles. The first-order valence-electron chi connectivity index (χ1n) is 4.04. The maximum atomic E-state index is 8.53. The van der Waals surface area contributed by atoms with E-state index in [4.69, 9.17) is 11.0 Å². The number of nitrogens with two attached hydrogens (primary N) is 1. The van der Waals surface area contributed by atoms with Crippen molar-refractivity contribution in [2.75, 3.05) is 0 Å². The number of rotatable bonds is 2. The minimum atomic E-state index is -0.156. The van der Waals surface area contributed by atoms with Crippen LogP contribution in [0.25, 0.3) is 0 Å². The van der Waals surface area contributed by atoms with Gasteiger partial charge >= 0.3 is 0 Å². The number of halogens is 1. The average molecular weight is 286 g/mol. The van der Waals surface area contributed by atoms with Gasteiger partial charge in [-0.05, 0) is 40.6 Å². The molecule has 13 heavy (non-hydrogen) atoms. The molecule has 1 aromatic carbocycles. The molecule has 1 rings (SSSR count). The summed E-state index contributed by atoms with van der Waals surface area (Å²) >= 11 is 2.27. The van der Waals surface area contributed by atoms with Gasteiger partial charge in [0.1, 0.15) is 0 Å². The number of nitriles is 1. The van der Waals surface area contributed by atoms with E-state index >= 15 is 0 Å². The SMILES string of the molecule is Cc1cccc([C@@H](N)CC#N)c1I. The fourth-order valence-electron chi connectivity index (χ4n) is 1.16. The molecule has 0 saturated carbocycles. The Balaban J connectivity index is 3.02. The van der Waals surface area contributed by atoms with E-state index in [1.54, 1.807) is 0 Å². The summed E-state index contributed by atoms with van der Waals surface area (Å²) in [6.45, 7) is 2.05. The predicted octanol–water partition coefficient (Wildman–Crippen LogP) is 2.51. The number of hydrogen-bond acceptors (Lipinski definition) is 2. The molecule has 1 atom stereocenters. The van der Waals surface area contributed by atoms with Crippen LogP contribution >= 0.6 is 22.6 Å². The summed E-state index contributed by atoms with van der Waals surface area (Å²) in [6, 6.07) is 7.93. The predicted molar refractivity (Wildman–Crippen MR) is 61.1 cm³/mol. The Morgan fingerprint density at radius 1 is 1.62 bits per heavy atom. The van der Waals surface area contributed by atoms with Crippen molar-refractivity contribution in [2.45, 2.75) is 19.4 Å². The first kappa shape index (κ1) is 10.5. The van der Waals surface area contributed by atoms with Crippen LogP contribution < -0.4 is 5.73 Å². The summed E-state index contributed by atoms with van der Waals surface area (Å²) in [5.41, 5.74) is 8.13. The molecule has 0 spiro atoms. The van der Waals surface area contributed by atoms with Crippen molar-refractivity contribution in [3.63, 3.8) is 0 Å². The van der Waals surface area contributed by atoms with Gasteiger partial charge in [-0.1, -0.05) is 18.2 Å². The van der Waals surface area contributed by atoms with Crippen LogP contribution in [-0.2, 0) is 0 Å². The Bertz CT molecular complexity index is 341. The van der Waals surface area contributed by atoms with Gasteiger partial charge in [0.2, 0.25) is 0 Å². The first-order valence-corrected chi connectivity index (χ1v) is 5.12. The largest absolute Gasteiger partial charge is 0.323 e. The molecular weight excluding hydrogens is 275 g/mol. The van der Waals surface area contributed by atoms with E-state index in [0.29, 0.717) is 6.42 Å². The highest BCUT2D eigenvalue weighted by atomic mass is 127. The lowest BCUT2D eigenvalue weighted by molar-refractivity contribution is 0.743. The molecule has 3 heteroatoms. The molecular formula is C10H11IN2. The van der Waals surface area contributed by atoms with Crippen molar-refractivity contribution < 1.29 is 0 Å². The zero-order chi connectivity index (χ0) is 9.84. The molecule has 0 bridgehead atoms. The summed E-state index contributed by atoms with van der Waals surface area (Å²) in [5, 5.41) is 8.53. The van der Waals surface area contributed by atoms with Crippen molar-refractivity contribution in [3.05, 3.63) is 32.9 Å². The van der Waals surface area contributed by atoms with Crippen LogP contribution in [0, 0.1) is 21.8 Å². The molecule has 0 radical (unpaired) electrons. The summed E-state index contributed by atoms with van der Waals surface area (Å²) < 4.78 is 1.17. The highest BCUT2D eigenvalue weighted by Crippen LogP contribution is 2.22. The van der Waals surface area contributed by atoms with Crippen LogP contribution in [0.2, 0.25) is 0 Å². The third-order valence-electron chi connectivity index (χ3n) is 1.93. The fraction of sp³-hybridized carbons (Fsp3) is 0.300. The van der Waals surface area contributed by atoms with Gasteiger partial charge in [0.05, 0.1) is 12.5 Å². The van der Waals surface area contributed by atoms with Gasteiger partial charge in [0.25, 0.3) is 0 Å². The maximum Gasteiger partial charge on any atom is 0.0641 e. The van der Waals surface area contributed by atoms with Gasteiger partial charge in [-0.15, -0.1) is 0 Å². The van der Waals surface area contributed by atoms with E-state index in [2.05, 4.69) is 28.7 Å². The summed E-state index contributed by atoms with van der Waals surface area (Å²) in [7, 11) is 0. The Morgan fingerprint density at radius 3 is 2.92 bits per heavy atom. The van der Waals surface area contributed by atoms with Gasteiger partial charge in [-0.2, -0.15) is 5.26 Å². The normalized spacial score (nSPS) is 12.2. The van der Waals surface area contributed by atoms with Gasteiger partial charge in [-0.25, -0.2) is 0 Å². The molecule has 68 valence electrons. The van der Waals surface area contributed by atoms with Crippen molar-refractivity contribution >= 4 is 22.6 Å². The zero-order valence-corrected chi connectivity index (χ0v) is 9.58. The van der Waals surface area contributed by atoms with Crippen molar-refractivity contribution in [2.24, 2.45) is 5.73 Å². The number of nitrogens with zero attached hydrogens (tertiary/aromatic N) is 1. The fourth-order valence-corrected chi connectivity index (χ4v) is 1.92. The monoisotopic (exact) mass is 286 g/mol. The van der Waals surface area contributed by atoms with Crippen LogP contribution in [-0.4, -0.2) is 0 Å². The highest BCUT2D eigenvalue weighted by molar-refractivity contribution is 14.1. The van der Waals surface area contributed by atoms with Crippen LogP contribution in [0.4, 0.5) is 0 Å². The lowest BCUT2D eigenvalue weighted by Crippen LogP contribution is -2.11. The third-order valence-corrected chi connectivity index (χ3v) is 3.41. The van der Waals surface area contributed by atoms with Crippen LogP contribution in [0.1, 0.15) is 23.6 Å². The Labute approximate surface area is 91.9 Å². The second kappa shape index (κ2) is 4.58. The second-order valence-corrected chi connectivity index (χ2v) is 4.03. The van der Waals surface area contributed by atoms with E-state index in [1.165, 1.54) is 9.13 Å². The number of aryl methyl sites for hydroxylation is 1. The van der Waals surface area contributed by atoms with Gasteiger partial charge < -0.3 is 5.73 Å². The number of benzene rings is 1. The van der Waals surface area contributed by atoms with E-state index in [1.807, 2.05) is 25.1 Å². The van der Waals surface area contributed by atoms with Crippen LogP contribution in [0.15, 0.2) is 18.2 Å². The van der Waals surface area contributed by atoms with Gasteiger partial charge in [0, 0.05) is 9.61 Å². The molecule has 0 aliphatic heterocycles. The lowest BCUT2D eigenvalue weighted by Gasteiger charge is -2.11. The van der Waals surface area contributed by atoms with Crippen molar-refractivity contribution in [1.82, 2.24) is 0 Å². The van der Waals surface area contributed by atoms with Crippen molar-refractivity contribution in [3.8, 4) is 6.07 Å². The summed E-state index contributed by atoms with van der Waals surface area (Å²) in [4.78, 5) is 0. The van der Waals surface area contributed by atoms with E-state index in [-0.39, 0.29) is 6.04 Å². The minimum absolute atomic E-state index is 0.156. The first-order chi connectivity index (χ1) is 6.16. The smallest absolute Gasteiger partial charge is 0.0641 e. The van der Waals surface area contributed by atoms with Crippen LogP contribution in [0.5, 0.6) is 0 Å². The molecule has 0 amide bonds. The molecule has 0 saturated heterocycles. The quantitative estimate of drug-likeness (QED) is 0.849. The highest BCUT2D eigenvalue weighted by Gasteiger charge is 2.09.